The van der Waals surface area contributed by atoms with Gasteiger partial charge in [0, 0.05) is 13.6 Å². The van der Waals surface area contributed by atoms with Crippen LogP contribution < -0.4 is 15.5 Å². The van der Waals surface area contributed by atoms with Gasteiger partial charge in [0.2, 0.25) is 0 Å². The lowest BCUT2D eigenvalue weighted by Crippen LogP contribution is -2.33. The molecule has 1 heterocycles. The molecule has 0 bridgehead atoms. The minimum absolute atomic E-state index is 0.172. The zero-order valence-electron chi connectivity index (χ0n) is 15.8. The van der Waals surface area contributed by atoms with Crippen molar-refractivity contribution in [1.82, 2.24) is 10.6 Å². The third-order valence-electron chi connectivity index (χ3n) is 4.86. The number of carbonyl (C=O) groups excluding carboxylic acids is 3. The first-order chi connectivity index (χ1) is 13.0. The van der Waals surface area contributed by atoms with Crippen molar-refractivity contribution in [2.45, 2.75) is 33.2 Å². The van der Waals surface area contributed by atoms with Crippen LogP contribution >= 0.6 is 0 Å². The number of hydrogen-bond acceptors (Lipinski definition) is 3. The molecule has 6 nitrogen and oxygen atoms in total. The van der Waals surface area contributed by atoms with Crippen molar-refractivity contribution < 1.29 is 14.4 Å². The number of imide groups is 1. The molecule has 3 rings (SSSR count). The second-order valence-corrected chi connectivity index (χ2v) is 6.35. The van der Waals surface area contributed by atoms with E-state index in [1.807, 2.05) is 32.0 Å². The summed E-state index contributed by atoms with van der Waals surface area (Å²) in [7, 11) is 1.52. The van der Waals surface area contributed by atoms with Gasteiger partial charge in [-0.1, -0.05) is 44.2 Å². The minimum atomic E-state index is -0.342. The van der Waals surface area contributed by atoms with E-state index in [4.69, 9.17) is 0 Å². The maximum atomic E-state index is 13.3. The van der Waals surface area contributed by atoms with Crippen LogP contribution in [0.25, 0.3) is 0 Å². The summed E-state index contributed by atoms with van der Waals surface area (Å²) in [5.74, 6) is -0.646. The quantitative estimate of drug-likeness (QED) is 0.800. The van der Waals surface area contributed by atoms with Crippen LogP contribution in [0.4, 0.5) is 10.5 Å². The summed E-state index contributed by atoms with van der Waals surface area (Å²) in [4.78, 5) is 39.1. The molecule has 6 heteroatoms. The van der Waals surface area contributed by atoms with E-state index >= 15 is 0 Å². The summed E-state index contributed by atoms with van der Waals surface area (Å²) >= 11 is 0. The number of benzene rings is 2. The van der Waals surface area contributed by atoms with Crippen molar-refractivity contribution in [3.63, 3.8) is 0 Å². The Labute approximate surface area is 158 Å². The first-order valence-electron chi connectivity index (χ1n) is 9.10. The number of rotatable bonds is 5. The fourth-order valence-corrected chi connectivity index (χ4v) is 3.47. The van der Waals surface area contributed by atoms with E-state index in [2.05, 4.69) is 10.6 Å². The van der Waals surface area contributed by atoms with Gasteiger partial charge in [0.1, 0.15) is 0 Å². The van der Waals surface area contributed by atoms with Crippen LogP contribution in [0.5, 0.6) is 0 Å². The van der Waals surface area contributed by atoms with Gasteiger partial charge in [0.15, 0.2) is 0 Å². The average Bonchev–Trinajstić information content (AvgIpc) is 2.96. The molecular weight excluding hydrogens is 342 g/mol. The maximum absolute atomic E-state index is 13.3. The standard InChI is InChI=1S/C21H23N3O3/c1-4-13-8-6-9-14(5-2)18(13)24-19(25)16-11-7-10-15(17(16)20(24)26)12-23-21(27)22-3/h6-11H,4-5,12H2,1-3H3,(H2,22,23,27). The Morgan fingerprint density at radius 2 is 1.52 bits per heavy atom. The molecule has 1 aliphatic heterocycles. The summed E-state index contributed by atoms with van der Waals surface area (Å²) in [5, 5.41) is 5.16. The van der Waals surface area contributed by atoms with E-state index in [0.29, 0.717) is 22.4 Å². The zero-order valence-corrected chi connectivity index (χ0v) is 15.8. The Bertz CT molecular complexity index is 899. The predicted molar refractivity (Wildman–Crippen MR) is 104 cm³/mol. The molecule has 0 saturated carbocycles. The van der Waals surface area contributed by atoms with Crippen molar-refractivity contribution in [1.29, 1.82) is 0 Å². The Hall–Kier alpha value is -3.15. The molecule has 2 N–H and O–H groups in total. The molecule has 27 heavy (non-hydrogen) atoms. The zero-order chi connectivity index (χ0) is 19.6. The molecule has 0 atom stereocenters. The smallest absolute Gasteiger partial charge is 0.314 e. The lowest BCUT2D eigenvalue weighted by Gasteiger charge is -2.21. The number of urea groups is 1. The van der Waals surface area contributed by atoms with Crippen LogP contribution in [0.15, 0.2) is 36.4 Å². The fraction of sp³-hybridized carbons (Fsp3) is 0.286. The van der Waals surface area contributed by atoms with Gasteiger partial charge in [-0.3, -0.25) is 9.59 Å². The second-order valence-electron chi connectivity index (χ2n) is 6.35. The molecule has 0 aromatic heterocycles. The number of nitrogens with zero attached hydrogens (tertiary/aromatic N) is 1. The molecule has 0 radical (unpaired) electrons. The van der Waals surface area contributed by atoms with Crippen molar-refractivity contribution in [3.05, 3.63) is 64.2 Å². The lowest BCUT2D eigenvalue weighted by atomic mass is 10.0. The van der Waals surface area contributed by atoms with E-state index in [1.54, 1.807) is 18.2 Å². The molecule has 0 aliphatic carbocycles. The molecule has 1 aliphatic rings. The van der Waals surface area contributed by atoms with Crippen LogP contribution in [0.3, 0.4) is 0 Å². The number of anilines is 1. The topological polar surface area (TPSA) is 78.5 Å². The maximum Gasteiger partial charge on any atom is 0.314 e. The fourth-order valence-electron chi connectivity index (χ4n) is 3.47. The van der Waals surface area contributed by atoms with Gasteiger partial charge >= 0.3 is 6.03 Å². The van der Waals surface area contributed by atoms with E-state index in [1.165, 1.54) is 11.9 Å². The summed E-state index contributed by atoms with van der Waals surface area (Å²) in [6.45, 7) is 4.19. The van der Waals surface area contributed by atoms with Crippen LogP contribution in [0, 0.1) is 0 Å². The number of fused-ring (bicyclic) bond motifs is 1. The molecular formula is C21H23N3O3. The van der Waals surface area contributed by atoms with Crippen molar-refractivity contribution >= 4 is 23.5 Å². The van der Waals surface area contributed by atoms with Crippen LogP contribution in [-0.2, 0) is 19.4 Å². The molecule has 140 valence electrons. The molecule has 0 spiro atoms. The highest BCUT2D eigenvalue weighted by Crippen LogP contribution is 2.35. The molecule has 2 aromatic rings. The summed E-state index contributed by atoms with van der Waals surface area (Å²) < 4.78 is 0. The van der Waals surface area contributed by atoms with Crippen LogP contribution in [-0.4, -0.2) is 24.9 Å². The first-order valence-corrected chi connectivity index (χ1v) is 9.10. The predicted octanol–water partition coefficient (Wildman–Crippen LogP) is 3.04. The molecule has 0 fully saturated rings. The van der Waals surface area contributed by atoms with E-state index in [-0.39, 0.29) is 24.4 Å². The average molecular weight is 365 g/mol. The van der Waals surface area contributed by atoms with E-state index in [0.717, 1.165) is 24.0 Å². The Morgan fingerprint density at radius 1 is 0.926 bits per heavy atom. The molecule has 0 unspecified atom stereocenters. The van der Waals surface area contributed by atoms with Gasteiger partial charge in [0.25, 0.3) is 11.8 Å². The third-order valence-corrected chi connectivity index (χ3v) is 4.86. The highest BCUT2D eigenvalue weighted by Gasteiger charge is 2.39. The number of amides is 4. The van der Waals surface area contributed by atoms with Crippen LogP contribution in [0.2, 0.25) is 0 Å². The largest absolute Gasteiger partial charge is 0.341 e. The molecule has 2 aromatic carbocycles. The van der Waals surface area contributed by atoms with E-state index < -0.39 is 0 Å². The monoisotopic (exact) mass is 365 g/mol. The van der Waals surface area contributed by atoms with Gasteiger partial charge in [-0.15, -0.1) is 0 Å². The Kier molecular flexibility index (Phi) is 5.26. The summed E-state index contributed by atoms with van der Waals surface area (Å²) in [5.41, 5.74) is 4.00. The highest BCUT2D eigenvalue weighted by molar-refractivity contribution is 6.35. The number of carbonyl (C=O) groups is 3. The highest BCUT2D eigenvalue weighted by atomic mass is 16.2. The van der Waals surface area contributed by atoms with Gasteiger partial charge in [-0.25, -0.2) is 9.69 Å². The number of para-hydroxylation sites is 1. The SMILES string of the molecule is CCc1cccc(CC)c1N1C(=O)c2cccc(CNC(=O)NC)c2C1=O. The third kappa shape index (κ3) is 3.18. The minimum Gasteiger partial charge on any atom is -0.341 e. The van der Waals surface area contributed by atoms with E-state index in [9.17, 15) is 14.4 Å². The summed E-state index contributed by atoms with van der Waals surface area (Å²) in [6, 6.07) is 10.7. The van der Waals surface area contributed by atoms with Crippen molar-refractivity contribution in [2.75, 3.05) is 11.9 Å². The number of nitrogens with one attached hydrogen (secondary N) is 2. The van der Waals surface area contributed by atoms with Crippen molar-refractivity contribution in [2.24, 2.45) is 0 Å². The number of aryl methyl sites for hydroxylation is 2. The van der Waals surface area contributed by atoms with Gasteiger partial charge < -0.3 is 10.6 Å². The second kappa shape index (κ2) is 7.61. The van der Waals surface area contributed by atoms with Crippen LogP contribution in [0.1, 0.15) is 51.3 Å². The molecule has 0 saturated heterocycles. The first kappa shape index (κ1) is 18.6. The van der Waals surface area contributed by atoms with Crippen molar-refractivity contribution in [3.8, 4) is 0 Å². The van der Waals surface area contributed by atoms with Gasteiger partial charge in [-0.2, -0.15) is 0 Å². The lowest BCUT2D eigenvalue weighted by molar-refractivity contribution is 0.0925. The van der Waals surface area contributed by atoms with Gasteiger partial charge in [-0.05, 0) is 35.6 Å². The number of hydrogen-bond donors (Lipinski definition) is 2. The Morgan fingerprint density at radius 3 is 2.11 bits per heavy atom. The Balaban J connectivity index is 2.07. The molecule has 4 amide bonds. The summed E-state index contributed by atoms with van der Waals surface area (Å²) in [6.07, 6.45) is 1.45. The normalized spacial score (nSPS) is 12.9. The van der Waals surface area contributed by atoms with Gasteiger partial charge in [0.05, 0.1) is 16.8 Å².